The van der Waals surface area contributed by atoms with E-state index in [2.05, 4.69) is 10.0 Å². The maximum absolute atomic E-state index is 12.1. The summed E-state index contributed by atoms with van der Waals surface area (Å²) in [6.07, 6.45) is 0. The van der Waals surface area contributed by atoms with Crippen molar-refractivity contribution in [3.63, 3.8) is 0 Å². The molecule has 1 heterocycles. The molecule has 0 saturated carbocycles. The van der Waals surface area contributed by atoms with E-state index in [9.17, 15) is 13.2 Å². The van der Waals surface area contributed by atoms with E-state index in [0.717, 1.165) is 0 Å². The molecule has 2 rings (SSSR count). The van der Waals surface area contributed by atoms with Gasteiger partial charge in [-0.3, -0.25) is 4.79 Å². The molecule has 7 nitrogen and oxygen atoms in total. The van der Waals surface area contributed by atoms with Crippen molar-refractivity contribution in [3.05, 3.63) is 18.2 Å². The molecule has 1 aliphatic rings. The van der Waals surface area contributed by atoms with Crippen LogP contribution in [0.3, 0.4) is 0 Å². The van der Waals surface area contributed by atoms with E-state index in [-0.39, 0.29) is 24.1 Å². The van der Waals surface area contributed by atoms with Crippen LogP contribution < -0.4 is 19.5 Å². The zero-order valence-corrected chi connectivity index (χ0v) is 12.7. The number of nitrogens with one attached hydrogen (secondary N) is 2. The van der Waals surface area contributed by atoms with E-state index < -0.39 is 10.0 Å². The fourth-order valence-corrected chi connectivity index (χ4v) is 2.67. The molecule has 0 aliphatic carbocycles. The van der Waals surface area contributed by atoms with E-state index in [4.69, 9.17) is 9.47 Å². The predicted molar refractivity (Wildman–Crippen MR) is 75.6 cm³/mol. The van der Waals surface area contributed by atoms with Crippen LogP contribution in [-0.4, -0.2) is 34.2 Å². The molecule has 1 aliphatic heterocycles. The van der Waals surface area contributed by atoms with Gasteiger partial charge in [-0.25, -0.2) is 13.1 Å². The average molecular weight is 314 g/mol. The third kappa shape index (κ3) is 4.08. The quantitative estimate of drug-likeness (QED) is 0.796. The molecule has 116 valence electrons. The van der Waals surface area contributed by atoms with E-state index in [1.165, 1.54) is 18.2 Å². The second kappa shape index (κ2) is 6.31. The summed E-state index contributed by atoms with van der Waals surface area (Å²) in [7, 11) is -3.76. The van der Waals surface area contributed by atoms with Gasteiger partial charge in [-0.2, -0.15) is 0 Å². The number of ether oxygens (including phenoxy) is 2. The van der Waals surface area contributed by atoms with Crippen molar-refractivity contribution < 1.29 is 22.7 Å². The highest BCUT2D eigenvalue weighted by Crippen LogP contribution is 2.33. The molecular formula is C13H18N2O5S. The van der Waals surface area contributed by atoms with Gasteiger partial charge >= 0.3 is 0 Å². The number of hydrogen-bond donors (Lipinski definition) is 2. The van der Waals surface area contributed by atoms with E-state index in [0.29, 0.717) is 24.0 Å². The molecule has 1 aromatic rings. The van der Waals surface area contributed by atoms with E-state index in [1.54, 1.807) is 0 Å². The van der Waals surface area contributed by atoms with Gasteiger partial charge in [-0.05, 0) is 18.1 Å². The molecule has 0 unspecified atom stereocenters. The van der Waals surface area contributed by atoms with Gasteiger partial charge in [0.25, 0.3) is 0 Å². The number of rotatable bonds is 6. The maximum Gasteiger partial charge on any atom is 0.241 e. The van der Waals surface area contributed by atoms with E-state index >= 15 is 0 Å². The molecule has 8 heteroatoms. The first-order valence-corrected chi connectivity index (χ1v) is 8.03. The fourth-order valence-electron chi connectivity index (χ4n) is 1.67. The molecule has 0 bridgehead atoms. The third-order valence-corrected chi connectivity index (χ3v) is 4.18. The lowest BCUT2D eigenvalue weighted by Crippen LogP contribution is -2.38. The number of carbonyl (C=O) groups excluding carboxylic acids is 1. The first-order valence-electron chi connectivity index (χ1n) is 6.54. The highest BCUT2D eigenvalue weighted by molar-refractivity contribution is 7.89. The van der Waals surface area contributed by atoms with Crippen LogP contribution in [0, 0.1) is 5.92 Å². The lowest BCUT2D eigenvalue weighted by atomic mass is 10.2. The van der Waals surface area contributed by atoms with Crippen LogP contribution in [0.1, 0.15) is 13.8 Å². The number of amides is 1. The van der Waals surface area contributed by atoms with Gasteiger partial charge in [0.1, 0.15) is 0 Å². The number of sulfonamides is 1. The van der Waals surface area contributed by atoms with Crippen molar-refractivity contribution in [2.24, 2.45) is 5.92 Å². The van der Waals surface area contributed by atoms with Crippen molar-refractivity contribution >= 4 is 15.9 Å². The van der Waals surface area contributed by atoms with Gasteiger partial charge in [0.2, 0.25) is 22.7 Å². The summed E-state index contributed by atoms with van der Waals surface area (Å²) >= 11 is 0. The van der Waals surface area contributed by atoms with Gasteiger partial charge in [-0.15, -0.1) is 0 Å². The Balaban J connectivity index is 1.97. The molecular weight excluding hydrogens is 296 g/mol. The fraction of sp³-hybridized carbons (Fsp3) is 0.462. The summed E-state index contributed by atoms with van der Waals surface area (Å²) in [6.45, 7) is 4.19. The Kier molecular flexibility index (Phi) is 4.69. The predicted octanol–water partition coefficient (Wildman–Crippen LogP) is 0.466. The summed E-state index contributed by atoms with van der Waals surface area (Å²) < 4.78 is 36.7. The Labute approximate surface area is 123 Å². The van der Waals surface area contributed by atoms with Crippen molar-refractivity contribution in [3.8, 4) is 11.5 Å². The minimum atomic E-state index is -3.76. The Hall–Kier alpha value is -1.80. The molecule has 0 atom stereocenters. The monoisotopic (exact) mass is 314 g/mol. The zero-order chi connectivity index (χ0) is 15.5. The molecule has 1 amide bonds. The van der Waals surface area contributed by atoms with Gasteiger partial charge in [0.15, 0.2) is 11.5 Å². The Morgan fingerprint density at radius 1 is 1.29 bits per heavy atom. The van der Waals surface area contributed by atoms with Crippen LogP contribution in [0.25, 0.3) is 0 Å². The number of carbonyl (C=O) groups is 1. The molecule has 0 saturated heterocycles. The normalized spacial score (nSPS) is 13.5. The molecule has 1 aromatic carbocycles. The number of benzene rings is 1. The van der Waals surface area contributed by atoms with Crippen molar-refractivity contribution in [2.45, 2.75) is 18.7 Å². The molecule has 0 aromatic heterocycles. The van der Waals surface area contributed by atoms with Gasteiger partial charge in [0.05, 0.1) is 11.4 Å². The standard InChI is InChI=1S/C13H18N2O5S/c1-9(2)6-14-13(16)7-15-21(17,18)10-3-4-11-12(5-10)20-8-19-11/h3-5,9,15H,6-8H2,1-2H3,(H,14,16). The van der Waals surface area contributed by atoms with Crippen molar-refractivity contribution in [1.29, 1.82) is 0 Å². The zero-order valence-electron chi connectivity index (χ0n) is 11.9. The highest BCUT2D eigenvalue weighted by atomic mass is 32.2. The summed E-state index contributed by atoms with van der Waals surface area (Å²) in [4.78, 5) is 11.6. The minimum absolute atomic E-state index is 0.0309. The molecule has 21 heavy (non-hydrogen) atoms. The Morgan fingerprint density at radius 3 is 2.71 bits per heavy atom. The molecule has 2 N–H and O–H groups in total. The minimum Gasteiger partial charge on any atom is -0.454 e. The highest BCUT2D eigenvalue weighted by Gasteiger charge is 2.20. The average Bonchev–Trinajstić information content (AvgIpc) is 2.90. The van der Waals surface area contributed by atoms with Crippen LogP contribution in [0.5, 0.6) is 11.5 Å². The summed E-state index contributed by atoms with van der Waals surface area (Å²) in [5.41, 5.74) is 0. The maximum atomic E-state index is 12.1. The third-order valence-electron chi connectivity index (χ3n) is 2.78. The van der Waals surface area contributed by atoms with Crippen LogP contribution in [0.15, 0.2) is 23.1 Å². The van der Waals surface area contributed by atoms with Crippen LogP contribution in [0.2, 0.25) is 0 Å². The van der Waals surface area contributed by atoms with Crippen LogP contribution >= 0.6 is 0 Å². The van der Waals surface area contributed by atoms with E-state index in [1.807, 2.05) is 13.8 Å². The molecule has 0 spiro atoms. The van der Waals surface area contributed by atoms with Crippen LogP contribution in [0.4, 0.5) is 0 Å². The SMILES string of the molecule is CC(C)CNC(=O)CNS(=O)(=O)c1ccc2c(c1)OCO2. The lowest BCUT2D eigenvalue weighted by Gasteiger charge is -2.09. The summed E-state index contributed by atoms with van der Waals surface area (Å²) in [5, 5.41) is 2.64. The lowest BCUT2D eigenvalue weighted by molar-refractivity contribution is -0.120. The van der Waals surface area contributed by atoms with Crippen molar-refractivity contribution in [1.82, 2.24) is 10.0 Å². The Bertz CT molecular complexity index is 627. The Morgan fingerprint density at radius 2 is 2.00 bits per heavy atom. The second-order valence-electron chi connectivity index (χ2n) is 5.04. The number of fused-ring (bicyclic) bond motifs is 1. The molecule has 0 radical (unpaired) electrons. The summed E-state index contributed by atoms with van der Waals surface area (Å²) in [6, 6.07) is 4.30. The van der Waals surface area contributed by atoms with Crippen molar-refractivity contribution in [2.75, 3.05) is 19.9 Å². The van der Waals surface area contributed by atoms with Crippen LogP contribution in [-0.2, 0) is 14.8 Å². The van der Waals surface area contributed by atoms with Gasteiger partial charge in [0, 0.05) is 12.6 Å². The van der Waals surface area contributed by atoms with Gasteiger partial charge < -0.3 is 14.8 Å². The smallest absolute Gasteiger partial charge is 0.241 e. The van der Waals surface area contributed by atoms with Gasteiger partial charge in [-0.1, -0.05) is 13.8 Å². The summed E-state index contributed by atoms with van der Waals surface area (Å²) in [5.74, 6) is 0.818. The molecule has 0 fully saturated rings. The largest absolute Gasteiger partial charge is 0.454 e. The topological polar surface area (TPSA) is 93.7 Å². The second-order valence-corrected chi connectivity index (χ2v) is 6.80. The number of hydrogen-bond acceptors (Lipinski definition) is 5. The first-order chi connectivity index (χ1) is 9.88. The first kappa shape index (κ1) is 15.6.